The number of anilines is 1. The first-order chi connectivity index (χ1) is 11.8. The summed E-state index contributed by atoms with van der Waals surface area (Å²) in [5.41, 5.74) is 0.498. The molecule has 0 heterocycles. The number of hydrogen-bond donors (Lipinski definition) is 1. The van der Waals surface area contributed by atoms with Crippen LogP contribution in [0.4, 0.5) is 10.1 Å². The fourth-order valence-corrected chi connectivity index (χ4v) is 3.24. The Hall–Kier alpha value is -2.45. The van der Waals surface area contributed by atoms with E-state index in [1.807, 2.05) is 0 Å². The van der Waals surface area contributed by atoms with E-state index in [2.05, 4.69) is 4.72 Å². The minimum Gasteiger partial charge on any atom is -0.497 e. The molecular weight excluding hydrogens is 347 g/mol. The van der Waals surface area contributed by atoms with Crippen LogP contribution in [0.5, 0.6) is 5.75 Å². The Morgan fingerprint density at radius 2 is 1.72 bits per heavy atom. The van der Waals surface area contributed by atoms with Gasteiger partial charge in [-0.1, -0.05) is 0 Å². The van der Waals surface area contributed by atoms with Gasteiger partial charge in [-0.25, -0.2) is 17.5 Å². The van der Waals surface area contributed by atoms with Crippen LogP contribution in [-0.2, 0) is 14.8 Å². The van der Waals surface area contributed by atoms with E-state index >= 15 is 0 Å². The molecule has 1 amide bonds. The van der Waals surface area contributed by atoms with Crippen LogP contribution in [0.3, 0.4) is 0 Å². The first-order valence-corrected chi connectivity index (χ1v) is 8.99. The maximum absolute atomic E-state index is 13.0. The van der Waals surface area contributed by atoms with Crippen molar-refractivity contribution >= 4 is 21.6 Å². The van der Waals surface area contributed by atoms with Crippen molar-refractivity contribution in [2.75, 3.05) is 25.1 Å². The molecule has 25 heavy (non-hydrogen) atoms. The van der Waals surface area contributed by atoms with Crippen LogP contribution >= 0.6 is 0 Å². The van der Waals surface area contributed by atoms with Crippen molar-refractivity contribution in [3.8, 4) is 5.75 Å². The zero-order valence-corrected chi connectivity index (χ0v) is 14.7. The third kappa shape index (κ3) is 5.01. The maximum atomic E-state index is 13.0. The predicted molar refractivity (Wildman–Crippen MR) is 92.6 cm³/mol. The van der Waals surface area contributed by atoms with Crippen LogP contribution in [0.15, 0.2) is 53.4 Å². The molecule has 2 aromatic carbocycles. The topological polar surface area (TPSA) is 75.7 Å². The number of rotatable bonds is 7. The molecule has 134 valence electrons. The Morgan fingerprint density at radius 3 is 2.24 bits per heavy atom. The van der Waals surface area contributed by atoms with E-state index in [0.29, 0.717) is 11.4 Å². The highest BCUT2D eigenvalue weighted by Crippen LogP contribution is 2.16. The van der Waals surface area contributed by atoms with E-state index in [0.717, 1.165) is 0 Å². The van der Waals surface area contributed by atoms with Gasteiger partial charge in [0.25, 0.3) is 0 Å². The number of benzene rings is 2. The average molecular weight is 366 g/mol. The summed E-state index contributed by atoms with van der Waals surface area (Å²) in [6.45, 7) is 1.50. The quantitative estimate of drug-likeness (QED) is 0.815. The molecule has 0 fully saturated rings. The molecule has 0 saturated heterocycles. The zero-order valence-electron chi connectivity index (χ0n) is 13.9. The van der Waals surface area contributed by atoms with Crippen LogP contribution in [0.1, 0.15) is 6.92 Å². The summed E-state index contributed by atoms with van der Waals surface area (Å²) in [4.78, 5) is 13.2. The lowest BCUT2D eigenvalue weighted by molar-refractivity contribution is -0.116. The Labute approximate surface area is 146 Å². The minimum atomic E-state index is -3.70. The minimum absolute atomic E-state index is 0.0192. The molecule has 8 heteroatoms. The molecule has 0 aromatic heterocycles. The number of nitrogens with zero attached hydrogens (tertiary/aromatic N) is 1. The molecule has 6 nitrogen and oxygen atoms in total. The van der Waals surface area contributed by atoms with Gasteiger partial charge in [0, 0.05) is 25.7 Å². The number of halogens is 1. The van der Waals surface area contributed by atoms with Crippen molar-refractivity contribution in [3.63, 3.8) is 0 Å². The largest absolute Gasteiger partial charge is 0.497 e. The van der Waals surface area contributed by atoms with Gasteiger partial charge < -0.3 is 9.64 Å². The van der Waals surface area contributed by atoms with Crippen molar-refractivity contribution in [2.45, 2.75) is 11.8 Å². The van der Waals surface area contributed by atoms with E-state index in [1.54, 1.807) is 12.1 Å². The Bertz CT molecular complexity index is 821. The molecule has 0 saturated carbocycles. The van der Waals surface area contributed by atoms with Crippen LogP contribution < -0.4 is 14.4 Å². The van der Waals surface area contributed by atoms with Gasteiger partial charge >= 0.3 is 0 Å². The Morgan fingerprint density at radius 1 is 1.12 bits per heavy atom. The molecule has 0 radical (unpaired) electrons. The van der Waals surface area contributed by atoms with Crippen LogP contribution in [0, 0.1) is 5.82 Å². The van der Waals surface area contributed by atoms with Crippen LogP contribution in [-0.4, -0.2) is 34.5 Å². The van der Waals surface area contributed by atoms with E-state index in [-0.39, 0.29) is 23.9 Å². The number of sulfonamides is 1. The van der Waals surface area contributed by atoms with Gasteiger partial charge in [0.15, 0.2) is 0 Å². The van der Waals surface area contributed by atoms with Crippen LogP contribution in [0.25, 0.3) is 0 Å². The van der Waals surface area contributed by atoms with Crippen molar-refractivity contribution in [3.05, 3.63) is 54.3 Å². The van der Waals surface area contributed by atoms with Gasteiger partial charge in [-0.2, -0.15) is 0 Å². The monoisotopic (exact) mass is 366 g/mol. The normalized spacial score (nSPS) is 11.2. The fraction of sp³-hybridized carbons (Fsp3) is 0.235. The number of carbonyl (C=O) groups excluding carboxylic acids is 1. The molecule has 2 rings (SSSR count). The van der Waals surface area contributed by atoms with Gasteiger partial charge in [0.1, 0.15) is 11.6 Å². The summed E-state index contributed by atoms with van der Waals surface area (Å²) in [5.74, 6) is -0.124. The Kier molecular flexibility index (Phi) is 6.11. The molecule has 0 spiro atoms. The Balaban J connectivity index is 2.03. The summed E-state index contributed by atoms with van der Waals surface area (Å²) in [7, 11) is -2.21. The van der Waals surface area contributed by atoms with Crippen molar-refractivity contribution in [1.82, 2.24) is 4.72 Å². The highest BCUT2D eigenvalue weighted by molar-refractivity contribution is 7.89. The van der Waals surface area contributed by atoms with Crippen molar-refractivity contribution in [1.29, 1.82) is 0 Å². The number of amides is 1. The van der Waals surface area contributed by atoms with Gasteiger partial charge in [-0.15, -0.1) is 0 Å². The highest BCUT2D eigenvalue weighted by atomic mass is 32.2. The molecule has 0 atom stereocenters. The summed E-state index contributed by atoms with van der Waals surface area (Å²) in [5, 5.41) is 0. The molecule has 0 aliphatic rings. The second kappa shape index (κ2) is 8.09. The average Bonchev–Trinajstić information content (AvgIpc) is 2.59. The molecule has 0 unspecified atom stereocenters. The van der Waals surface area contributed by atoms with Gasteiger partial charge in [-0.3, -0.25) is 4.79 Å². The smallest absolute Gasteiger partial charge is 0.240 e. The van der Waals surface area contributed by atoms with E-state index in [4.69, 9.17) is 4.74 Å². The maximum Gasteiger partial charge on any atom is 0.240 e. The SMILES string of the molecule is COc1ccc(S(=O)(=O)NCCN(C(C)=O)c2ccc(F)cc2)cc1. The molecule has 1 N–H and O–H groups in total. The summed E-state index contributed by atoms with van der Waals surface area (Å²) >= 11 is 0. The molecule has 0 bridgehead atoms. The fourth-order valence-electron chi connectivity index (χ4n) is 2.22. The number of ether oxygens (including phenoxy) is 1. The third-order valence-corrected chi connectivity index (χ3v) is 4.99. The van der Waals surface area contributed by atoms with Gasteiger partial charge in [-0.05, 0) is 48.5 Å². The first-order valence-electron chi connectivity index (χ1n) is 7.51. The highest BCUT2D eigenvalue weighted by Gasteiger charge is 2.16. The summed E-state index contributed by atoms with van der Waals surface area (Å²) in [6, 6.07) is 11.4. The number of nitrogens with one attached hydrogen (secondary N) is 1. The summed E-state index contributed by atoms with van der Waals surface area (Å²) < 4.78 is 45.0. The molecule has 0 aliphatic heterocycles. The van der Waals surface area contributed by atoms with Crippen molar-refractivity contribution < 1.29 is 22.3 Å². The first kappa shape index (κ1) is 18.9. The summed E-state index contributed by atoms with van der Waals surface area (Å²) in [6.07, 6.45) is 0. The lowest BCUT2D eigenvalue weighted by atomic mass is 10.2. The second-order valence-corrected chi connectivity index (χ2v) is 6.99. The zero-order chi connectivity index (χ0) is 18.4. The molecule has 2 aromatic rings. The van der Waals surface area contributed by atoms with Crippen molar-refractivity contribution in [2.24, 2.45) is 0 Å². The number of carbonyl (C=O) groups is 1. The van der Waals surface area contributed by atoms with E-state index < -0.39 is 15.8 Å². The van der Waals surface area contributed by atoms with E-state index in [1.165, 1.54) is 55.3 Å². The van der Waals surface area contributed by atoms with Crippen LogP contribution in [0.2, 0.25) is 0 Å². The lowest BCUT2D eigenvalue weighted by Crippen LogP contribution is -2.37. The molecule has 0 aliphatic carbocycles. The lowest BCUT2D eigenvalue weighted by Gasteiger charge is -2.21. The standard InChI is InChI=1S/C17H19FN2O4S/c1-13(21)20(15-5-3-14(18)4-6-15)12-11-19-25(22,23)17-9-7-16(24-2)8-10-17/h3-10,19H,11-12H2,1-2H3. The third-order valence-electron chi connectivity index (χ3n) is 3.52. The van der Waals surface area contributed by atoms with E-state index in [9.17, 15) is 17.6 Å². The number of hydrogen-bond acceptors (Lipinski definition) is 4. The van der Waals surface area contributed by atoms with Gasteiger partial charge in [0.2, 0.25) is 15.9 Å². The predicted octanol–water partition coefficient (Wildman–Crippen LogP) is 2.17. The molecular formula is C17H19FN2O4S. The van der Waals surface area contributed by atoms with Gasteiger partial charge in [0.05, 0.1) is 12.0 Å². The second-order valence-electron chi connectivity index (χ2n) is 5.22. The number of methoxy groups -OCH3 is 1.